The fourth-order valence-electron chi connectivity index (χ4n) is 3.48. The Balaban J connectivity index is 3.19. The highest BCUT2D eigenvalue weighted by Crippen LogP contribution is 2.32. The molecule has 0 amide bonds. The van der Waals surface area contributed by atoms with Gasteiger partial charge in [0.05, 0.1) is 19.3 Å². The number of benzene rings is 1. The average Bonchev–Trinajstić information content (AvgIpc) is 2.77. The van der Waals surface area contributed by atoms with Gasteiger partial charge in [-0.15, -0.1) is 0 Å². The first-order valence-corrected chi connectivity index (χ1v) is 12.6. The first-order chi connectivity index (χ1) is 17.6. The number of carbonyl (C=O) groups excluding carboxylic acids is 4. The summed E-state index contributed by atoms with van der Waals surface area (Å²) < 4.78 is 30.8. The van der Waals surface area contributed by atoms with Crippen LogP contribution in [-0.2, 0) is 35.0 Å². The minimum atomic E-state index is -1.58. The van der Waals surface area contributed by atoms with Gasteiger partial charge in [-0.3, -0.25) is 9.59 Å². The average molecular weight is 540 g/mol. The molecule has 0 radical (unpaired) electrons. The number of rotatable bonds is 13. The number of carbonyl (C=O) groups is 4. The highest BCUT2D eigenvalue weighted by Gasteiger charge is 2.38. The number of esters is 2. The maximum Gasteiger partial charge on any atom is 0.514 e. The molecule has 2 atom stereocenters. The van der Waals surface area contributed by atoms with Crippen LogP contribution in [0.4, 0.5) is 9.59 Å². The summed E-state index contributed by atoms with van der Waals surface area (Å²) in [5.74, 6) is -1.00. The Morgan fingerprint density at radius 3 is 1.89 bits per heavy atom. The van der Waals surface area contributed by atoms with Crippen LogP contribution in [-0.4, -0.2) is 55.2 Å². The lowest BCUT2D eigenvalue weighted by atomic mass is 9.86. The third-order valence-corrected chi connectivity index (χ3v) is 5.08. The van der Waals surface area contributed by atoms with Gasteiger partial charge < -0.3 is 34.2 Å². The van der Waals surface area contributed by atoms with Crippen molar-refractivity contribution < 1.29 is 47.6 Å². The number of hydrogen-bond donors (Lipinski definition) is 1. The minimum absolute atomic E-state index is 0.0301. The molecule has 1 rings (SSSR count). The molecule has 0 bridgehead atoms. The summed E-state index contributed by atoms with van der Waals surface area (Å²) in [6.45, 7) is 12.2. The van der Waals surface area contributed by atoms with Gasteiger partial charge in [0.2, 0.25) is 0 Å². The predicted octanol–water partition coefficient (Wildman–Crippen LogP) is 4.71. The second-order valence-corrected chi connectivity index (χ2v) is 10.1. The maximum atomic E-state index is 12.7. The molecule has 1 aromatic rings. The third-order valence-electron chi connectivity index (χ3n) is 5.08. The van der Waals surface area contributed by atoms with E-state index in [1.54, 1.807) is 40.7 Å². The van der Waals surface area contributed by atoms with Gasteiger partial charge in [-0.1, -0.05) is 19.9 Å². The Hall–Kier alpha value is -3.34. The first kappa shape index (κ1) is 32.7. The highest BCUT2D eigenvalue weighted by molar-refractivity contribution is 5.81. The van der Waals surface area contributed by atoms with Crippen molar-refractivity contribution in [3.05, 3.63) is 23.8 Å². The Labute approximate surface area is 224 Å². The molecule has 1 unspecified atom stereocenters. The topological polar surface area (TPSA) is 150 Å². The molecule has 11 heteroatoms. The van der Waals surface area contributed by atoms with Crippen molar-refractivity contribution in [2.24, 2.45) is 11.7 Å². The number of hydrogen-bond acceptors (Lipinski definition) is 11. The molecule has 0 aromatic heterocycles. The number of nitrogens with two attached hydrogens (primary N) is 1. The van der Waals surface area contributed by atoms with Crippen LogP contribution in [0.1, 0.15) is 73.3 Å². The molecule has 0 aliphatic rings. The molecule has 0 fully saturated rings. The Bertz CT molecular complexity index is 959. The molecule has 0 heterocycles. The van der Waals surface area contributed by atoms with E-state index in [1.165, 1.54) is 19.2 Å². The zero-order valence-electron chi connectivity index (χ0n) is 23.5. The summed E-state index contributed by atoms with van der Waals surface area (Å²) in [4.78, 5) is 49.1. The van der Waals surface area contributed by atoms with E-state index in [0.29, 0.717) is 17.9 Å². The minimum Gasteiger partial charge on any atom is -0.468 e. The van der Waals surface area contributed by atoms with E-state index in [1.807, 2.05) is 13.8 Å². The molecule has 0 aliphatic heterocycles. The van der Waals surface area contributed by atoms with Crippen LogP contribution < -0.4 is 15.2 Å². The van der Waals surface area contributed by atoms with Gasteiger partial charge in [0.1, 0.15) is 11.6 Å². The summed E-state index contributed by atoms with van der Waals surface area (Å²) in [6, 6.07) is 4.31. The molecule has 11 nitrogen and oxygen atoms in total. The summed E-state index contributed by atoms with van der Waals surface area (Å²) in [6.07, 6.45) is -2.75. The van der Waals surface area contributed by atoms with Crippen molar-refractivity contribution in [1.29, 1.82) is 0 Å². The molecule has 0 saturated carbocycles. The van der Waals surface area contributed by atoms with Gasteiger partial charge in [0, 0.05) is 19.3 Å². The maximum absolute atomic E-state index is 12.7. The molecule has 1 aromatic carbocycles. The van der Waals surface area contributed by atoms with Crippen molar-refractivity contribution in [3.63, 3.8) is 0 Å². The standard InChI is InChI=1S/C27H41NO10/c1-16(2)9-12-23(29)36-19(7)14-27(28,24(30)33-8)15-20-10-11-21(37-25(31)34-17(3)4)22(13-20)38-26(32)35-18(5)6/h10-11,13,16-19H,9,12,14-15,28H2,1-8H3/t19?,27-/m1/s1. The first-order valence-electron chi connectivity index (χ1n) is 12.6. The Kier molecular flexibility index (Phi) is 13.0. The van der Waals surface area contributed by atoms with Gasteiger partial charge in [0.25, 0.3) is 0 Å². The van der Waals surface area contributed by atoms with Crippen LogP contribution in [0.2, 0.25) is 0 Å². The summed E-state index contributed by atoms with van der Waals surface area (Å²) in [7, 11) is 1.21. The highest BCUT2D eigenvalue weighted by atomic mass is 16.7. The number of ether oxygens (including phenoxy) is 6. The normalized spacial score (nSPS) is 13.5. The quantitative estimate of drug-likeness (QED) is 0.211. The van der Waals surface area contributed by atoms with Gasteiger partial charge in [-0.2, -0.15) is 0 Å². The zero-order valence-corrected chi connectivity index (χ0v) is 23.5. The lowest BCUT2D eigenvalue weighted by Crippen LogP contribution is -2.53. The van der Waals surface area contributed by atoms with Crippen LogP contribution in [0, 0.1) is 5.92 Å². The van der Waals surface area contributed by atoms with Crippen molar-refractivity contribution in [1.82, 2.24) is 0 Å². The van der Waals surface area contributed by atoms with E-state index in [0.717, 1.165) is 0 Å². The van der Waals surface area contributed by atoms with E-state index < -0.39 is 42.1 Å². The lowest BCUT2D eigenvalue weighted by Gasteiger charge is -2.29. The van der Waals surface area contributed by atoms with Crippen LogP contribution in [0.3, 0.4) is 0 Å². The number of methoxy groups -OCH3 is 1. The van der Waals surface area contributed by atoms with E-state index in [4.69, 9.17) is 34.2 Å². The van der Waals surface area contributed by atoms with E-state index in [-0.39, 0.29) is 36.7 Å². The third kappa shape index (κ3) is 11.8. The van der Waals surface area contributed by atoms with Crippen molar-refractivity contribution >= 4 is 24.2 Å². The molecule has 0 spiro atoms. The monoisotopic (exact) mass is 539 g/mol. The van der Waals surface area contributed by atoms with Crippen LogP contribution >= 0.6 is 0 Å². The predicted molar refractivity (Wildman–Crippen MR) is 138 cm³/mol. The molecule has 214 valence electrons. The largest absolute Gasteiger partial charge is 0.514 e. The Morgan fingerprint density at radius 2 is 1.39 bits per heavy atom. The van der Waals surface area contributed by atoms with Gasteiger partial charge in [-0.05, 0) is 64.7 Å². The van der Waals surface area contributed by atoms with Gasteiger partial charge in [0.15, 0.2) is 11.5 Å². The second kappa shape index (κ2) is 15.2. The smallest absolute Gasteiger partial charge is 0.468 e. The van der Waals surface area contributed by atoms with Crippen molar-refractivity contribution in [2.75, 3.05) is 7.11 Å². The lowest BCUT2D eigenvalue weighted by molar-refractivity contribution is -0.155. The van der Waals surface area contributed by atoms with Crippen molar-refractivity contribution in [2.45, 2.75) is 98.0 Å². The summed E-state index contributed by atoms with van der Waals surface area (Å²) in [5, 5.41) is 0. The summed E-state index contributed by atoms with van der Waals surface area (Å²) >= 11 is 0. The second-order valence-electron chi connectivity index (χ2n) is 10.1. The fraction of sp³-hybridized carbons (Fsp3) is 0.630. The molecule has 38 heavy (non-hydrogen) atoms. The van der Waals surface area contributed by atoms with E-state index >= 15 is 0 Å². The van der Waals surface area contributed by atoms with E-state index in [2.05, 4.69) is 0 Å². The van der Waals surface area contributed by atoms with E-state index in [9.17, 15) is 19.2 Å². The van der Waals surface area contributed by atoms with Crippen LogP contribution in [0.25, 0.3) is 0 Å². The molecule has 0 saturated heterocycles. The van der Waals surface area contributed by atoms with Gasteiger partial charge in [-0.25, -0.2) is 9.59 Å². The fourth-order valence-corrected chi connectivity index (χ4v) is 3.48. The molecule has 0 aliphatic carbocycles. The van der Waals surface area contributed by atoms with Crippen LogP contribution in [0.5, 0.6) is 11.5 Å². The van der Waals surface area contributed by atoms with Crippen molar-refractivity contribution in [3.8, 4) is 11.5 Å². The van der Waals surface area contributed by atoms with Gasteiger partial charge >= 0.3 is 24.2 Å². The SMILES string of the molecule is COC(=O)[C@](N)(Cc1ccc(OC(=O)OC(C)C)c(OC(=O)OC(C)C)c1)CC(C)OC(=O)CCC(C)C. The van der Waals surface area contributed by atoms with Crippen LogP contribution in [0.15, 0.2) is 18.2 Å². The summed E-state index contributed by atoms with van der Waals surface area (Å²) in [5.41, 5.74) is 5.34. The molecular weight excluding hydrogens is 498 g/mol. The zero-order chi connectivity index (χ0) is 29.0. The molecular formula is C27H41NO10. The molecule has 2 N–H and O–H groups in total. The Morgan fingerprint density at radius 1 is 0.842 bits per heavy atom.